The van der Waals surface area contributed by atoms with Crippen LogP contribution in [0.4, 0.5) is 17.1 Å². The zero-order chi connectivity index (χ0) is 24.6. The third-order valence-electron chi connectivity index (χ3n) is 6.03. The number of aryl methyl sites for hydroxylation is 3. The molecule has 0 unspecified atom stereocenters. The molecule has 34 heavy (non-hydrogen) atoms. The predicted octanol–water partition coefficient (Wildman–Crippen LogP) is 5.28. The third kappa shape index (κ3) is 4.22. The Morgan fingerprint density at radius 3 is 2.12 bits per heavy atom. The summed E-state index contributed by atoms with van der Waals surface area (Å²) in [5.74, 6) is -0.927. The number of nitrogens with one attached hydrogen (secondary N) is 2. The summed E-state index contributed by atoms with van der Waals surface area (Å²) >= 11 is 0. The minimum Gasteiger partial charge on any atom is -0.350 e. The van der Waals surface area contributed by atoms with Crippen LogP contribution < -0.4 is 15.5 Å². The highest BCUT2D eigenvalue weighted by atomic mass is 16.2. The van der Waals surface area contributed by atoms with E-state index in [4.69, 9.17) is 0 Å². The molecule has 0 radical (unpaired) electrons. The first-order chi connectivity index (χ1) is 16.2. The van der Waals surface area contributed by atoms with Crippen molar-refractivity contribution in [2.45, 2.75) is 34.6 Å². The summed E-state index contributed by atoms with van der Waals surface area (Å²) in [6, 6.07) is 18.4. The van der Waals surface area contributed by atoms with Crippen LogP contribution >= 0.6 is 0 Å². The predicted molar refractivity (Wildman–Crippen MR) is 136 cm³/mol. The van der Waals surface area contributed by atoms with Crippen LogP contribution in [-0.2, 0) is 14.4 Å². The van der Waals surface area contributed by atoms with Crippen LogP contribution in [0.15, 0.2) is 66.4 Å². The quantitative estimate of drug-likeness (QED) is 0.516. The van der Waals surface area contributed by atoms with E-state index in [0.29, 0.717) is 28.2 Å². The Labute approximate surface area is 199 Å². The van der Waals surface area contributed by atoms with E-state index < -0.39 is 5.91 Å². The summed E-state index contributed by atoms with van der Waals surface area (Å²) in [5, 5.41) is 5.90. The van der Waals surface area contributed by atoms with Crippen LogP contribution in [0.3, 0.4) is 0 Å². The first kappa shape index (κ1) is 23.0. The molecule has 0 saturated heterocycles. The molecule has 1 aliphatic rings. The number of benzene rings is 3. The summed E-state index contributed by atoms with van der Waals surface area (Å²) in [7, 11) is 0. The van der Waals surface area contributed by atoms with Crippen molar-refractivity contribution < 1.29 is 14.4 Å². The fraction of sp³-hybridized carbons (Fsp3) is 0.179. The highest BCUT2D eigenvalue weighted by Gasteiger charge is 2.41. The number of anilines is 3. The molecule has 2 N–H and O–H groups in total. The molecule has 0 spiro atoms. The van der Waals surface area contributed by atoms with Crippen molar-refractivity contribution in [3.05, 3.63) is 94.2 Å². The van der Waals surface area contributed by atoms with E-state index >= 15 is 0 Å². The van der Waals surface area contributed by atoms with E-state index in [1.54, 1.807) is 30.3 Å². The zero-order valence-electron chi connectivity index (χ0n) is 19.9. The molecule has 0 saturated carbocycles. The maximum Gasteiger partial charge on any atom is 0.282 e. The van der Waals surface area contributed by atoms with Gasteiger partial charge in [0.1, 0.15) is 5.70 Å². The van der Waals surface area contributed by atoms with Gasteiger partial charge in [0.05, 0.1) is 11.3 Å². The molecular weight excluding hydrogens is 426 g/mol. The lowest BCUT2D eigenvalue weighted by Crippen LogP contribution is -2.33. The molecule has 6 heteroatoms. The van der Waals surface area contributed by atoms with Crippen LogP contribution in [0, 0.1) is 27.7 Å². The number of amides is 3. The number of carbonyl (C=O) groups is 3. The summed E-state index contributed by atoms with van der Waals surface area (Å²) in [5.41, 5.74) is 7.02. The van der Waals surface area contributed by atoms with Crippen LogP contribution in [0.1, 0.15) is 34.7 Å². The van der Waals surface area contributed by atoms with Gasteiger partial charge in [-0.05, 0) is 80.3 Å². The number of rotatable bonds is 5. The summed E-state index contributed by atoms with van der Waals surface area (Å²) in [4.78, 5) is 40.0. The van der Waals surface area contributed by atoms with Crippen LogP contribution in [0.2, 0.25) is 0 Å². The van der Waals surface area contributed by atoms with Crippen LogP contribution in [0.25, 0.3) is 5.57 Å². The Morgan fingerprint density at radius 2 is 1.47 bits per heavy atom. The topological polar surface area (TPSA) is 78.5 Å². The first-order valence-electron chi connectivity index (χ1n) is 11.1. The maximum absolute atomic E-state index is 13.8. The van der Waals surface area contributed by atoms with E-state index in [2.05, 4.69) is 10.6 Å². The maximum atomic E-state index is 13.8. The fourth-order valence-electron chi connectivity index (χ4n) is 4.17. The molecule has 1 heterocycles. The molecule has 3 aromatic carbocycles. The molecule has 0 aromatic heterocycles. The van der Waals surface area contributed by atoms with Gasteiger partial charge < -0.3 is 10.6 Å². The zero-order valence-corrected chi connectivity index (χ0v) is 19.9. The van der Waals surface area contributed by atoms with Crippen molar-refractivity contribution in [3.8, 4) is 0 Å². The van der Waals surface area contributed by atoms with Gasteiger partial charge in [-0.3, -0.25) is 14.4 Å². The number of hydrogen-bond donors (Lipinski definition) is 2. The first-order valence-corrected chi connectivity index (χ1v) is 11.1. The van der Waals surface area contributed by atoms with Crippen molar-refractivity contribution in [3.63, 3.8) is 0 Å². The number of hydrogen-bond acceptors (Lipinski definition) is 4. The standard InChI is InChI=1S/C28H27N3O3/c1-16-9-14-23(18(3)15-16)25-26(30-22-12-10-21(11-13-22)29-20(5)32)28(34)31(27(25)33)24-8-6-7-17(2)19(24)4/h6-15,30H,1-5H3,(H,29,32). The Morgan fingerprint density at radius 1 is 0.794 bits per heavy atom. The molecule has 3 aromatic rings. The molecule has 172 valence electrons. The highest BCUT2D eigenvalue weighted by Crippen LogP contribution is 2.37. The van der Waals surface area contributed by atoms with Gasteiger partial charge in [-0.2, -0.15) is 0 Å². The Balaban J connectivity index is 1.81. The summed E-state index contributed by atoms with van der Waals surface area (Å²) in [6.07, 6.45) is 0. The van der Waals surface area contributed by atoms with Crippen molar-refractivity contribution in [1.29, 1.82) is 0 Å². The van der Waals surface area contributed by atoms with Gasteiger partial charge in [-0.1, -0.05) is 35.9 Å². The SMILES string of the molecule is CC(=O)Nc1ccc(NC2=C(c3ccc(C)cc3C)C(=O)N(c3cccc(C)c3C)C2=O)cc1. The van der Waals surface area contributed by atoms with Gasteiger partial charge in [-0.15, -0.1) is 0 Å². The molecular formula is C28H27N3O3. The summed E-state index contributed by atoms with van der Waals surface area (Å²) in [6.45, 7) is 9.24. The largest absolute Gasteiger partial charge is 0.350 e. The van der Waals surface area contributed by atoms with Gasteiger partial charge in [0.2, 0.25) is 5.91 Å². The molecule has 0 atom stereocenters. The molecule has 4 rings (SSSR count). The molecule has 0 fully saturated rings. The smallest absolute Gasteiger partial charge is 0.282 e. The lowest BCUT2D eigenvalue weighted by Gasteiger charge is -2.19. The van der Waals surface area contributed by atoms with E-state index in [9.17, 15) is 14.4 Å². The van der Waals surface area contributed by atoms with Gasteiger partial charge in [0, 0.05) is 18.3 Å². The van der Waals surface area contributed by atoms with Crippen LogP contribution in [0.5, 0.6) is 0 Å². The van der Waals surface area contributed by atoms with Gasteiger partial charge in [0.15, 0.2) is 0 Å². The Bertz CT molecular complexity index is 1350. The molecule has 3 amide bonds. The number of imide groups is 1. The lowest BCUT2D eigenvalue weighted by molar-refractivity contribution is -0.120. The Kier molecular flexibility index (Phi) is 6.07. The second-order valence-corrected chi connectivity index (χ2v) is 8.62. The number of carbonyl (C=O) groups excluding carboxylic acids is 3. The van der Waals surface area contributed by atoms with Crippen LogP contribution in [-0.4, -0.2) is 17.7 Å². The van der Waals surface area contributed by atoms with Gasteiger partial charge in [-0.25, -0.2) is 4.90 Å². The average molecular weight is 454 g/mol. The Hall–Kier alpha value is -4.19. The lowest BCUT2D eigenvalue weighted by atomic mass is 9.97. The fourth-order valence-corrected chi connectivity index (χ4v) is 4.17. The minimum absolute atomic E-state index is 0.165. The van der Waals surface area contributed by atoms with Crippen molar-refractivity contribution in [2.24, 2.45) is 0 Å². The van der Waals surface area contributed by atoms with Gasteiger partial charge >= 0.3 is 0 Å². The normalized spacial score (nSPS) is 13.5. The van der Waals surface area contributed by atoms with Crippen molar-refractivity contribution >= 4 is 40.4 Å². The minimum atomic E-state index is -0.403. The van der Waals surface area contributed by atoms with Crippen molar-refractivity contribution in [2.75, 3.05) is 15.5 Å². The third-order valence-corrected chi connectivity index (χ3v) is 6.03. The monoisotopic (exact) mass is 453 g/mol. The molecule has 1 aliphatic heterocycles. The molecule has 6 nitrogen and oxygen atoms in total. The number of nitrogens with zero attached hydrogens (tertiary/aromatic N) is 1. The highest BCUT2D eigenvalue weighted by molar-refractivity contribution is 6.46. The van der Waals surface area contributed by atoms with E-state index in [-0.39, 0.29) is 17.5 Å². The van der Waals surface area contributed by atoms with E-state index in [0.717, 1.165) is 22.3 Å². The second-order valence-electron chi connectivity index (χ2n) is 8.62. The van der Waals surface area contributed by atoms with E-state index in [1.165, 1.54) is 11.8 Å². The average Bonchev–Trinajstić information content (AvgIpc) is 3.01. The second kappa shape index (κ2) is 8.98. The molecule has 0 bridgehead atoms. The summed E-state index contributed by atoms with van der Waals surface area (Å²) < 4.78 is 0. The van der Waals surface area contributed by atoms with Gasteiger partial charge in [0.25, 0.3) is 11.8 Å². The molecule has 0 aliphatic carbocycles. The van der Waals surface area contributed by atoms with Crippen molar-refractivity contribution in [1.82, 2.24) is 0 Å². The van der Waals surface area contributed by atoms with E-state index in [1.807, 2.05) is 58.0 Å².